The zero-order valence-corrected chi connectivity index (χ0v) is 13.7. The van der Waals surface area contributed by atoms with Crippen LogP contribution >= 0.6 is 0 Å². The molecule has 2 rings (SSSR count). The summed E-state index contributed by atoms with van der Waals surface area (Å²) >= 11 is 0. The maximum Gasteiger partial charge on any atom is 0.227 e. The molecule has 1 aromatic carbocycles. The molecular formula is C15H22N2O4S. The largest absolute Gasteiger partial charge is 0.494 e. The van der Waals surface area contributed by atoms with Gasteiger partial charge in [-0.2, -0.15) is 0 Å². The lowest BCUT2D eigenvalue weighted by Crippen LogP contribution is -2.51. The first-order chi connectivity index (χ1) is 10.4. The molecule has 1 N–H and O–H groups in total. The summed E-state index contributed by atoms with van der Waals surface area (Å²) in [5, 5.41) is 3.09. The van der Waals surface area contributed by atoms with Gasteiger partial charge in [-0.15, -0.1) is 0 Å². The van der Waals surface area contributed by atoms with Gasteiger partial charge in [0.1, 0.15) is 5.75 Å². The lowest BCUT2D eigenvalue weighted by atomic mass is 10.0. The monoisotopic (exact) mass is 326 g/mol. The van der Waals surface area contributed by atoms with Crippen LogP contribution in [-0.2, 0) is 14.6 Å². The van der Waals surface area contributed by atoms with Gasteiger partial charge < -0.3 is 15.0 Å². The molecule has 22 heavy (non-hydrogen) atoms. The van der Waals surface area contributed by atoms with Crippen LogP contribution < -0.4 is 10.1 Å². The van der Waals surface area contributed by atoms with Gasteiger partial charge in [0.2, 0.25) is 5.91 Å². The van der Waals surface area contributed by atoms with Crippen LogP contribution in [0.25, 0.3) is 0 Å². The molecule has 1 saturated heterocycles. The van der Waals surface area contributed by atoms with Gasteiger partial charge >= 0.3 is 0 Å². The Bertz CT molecular complexity index is 609. The van der Waals surface area contributed by atoms with E-state index in [2.05, 4.69) is 5.32 Å². The van der Waals surface area contributed by atoms with Crippen LogP contribution in [0.15, 0.2) is 29.2 Å². The molecule has 122 valence electrons. The Hall–Kier alpha value is -1.60. The third kappa shape index (κ3) is 4.45. The van der Waals surface area contributed by atoms with Gasteiger partial charge in [-0.1, -0.05) is 0 Å². The summed E-state index contributed by atoms with van der Waals surface area (Å²) in [5.74, 6) is 0.926. The van der Waals surface area contributed by atoms with Crippen molar-refractivity contribution in [1.82, 2.24) is 10.2 Å². The highest BCUT2D eigenvalue weighted by atomic mass is 32.2. The van der Waals surface area contributed by atoms with E-state index in [1.165, 1.54) is 18.4 Å². The van der Waals surface area contributed by atoms with Crippen LogP contribution in [-0.4, -0.2) is 58.8 Å². The molecule has 7 heteroatoms. The Labute approximate surface area is 131 Å². The normalized spacial score (nSPS) is 15.2. The van der Waals surface area contributed by atoms with E-state index in [0.29, 0.717) is 18.9 Å². The van der Waals surface area contributed by atoms with Crippen molar-refractivity contribution in [2.45, 2.75) is 11.3 Å². The first kappa shape index (κ1) is 16.8. The number of hydrogen-bond donors (Lipinski definition) is 1. The van der Waals surface area contributed by atoms with Crippen molar-refractivity contribution in [2.24, 2.45) is 5.92 Å². The molecule has 0 radical (unpaired) electrons. The van der Waals surface area contributed by atoms with Gasteiger partial charge in [-0.3, -0.25) is 4.79 Å². The van der Waals surface area contributed by atoms with Crippen LogP contribution in [0.2, 0.25) is 0 Å². The number of nitrogens with zero attached hydrogens (tertiary/aromatic N) is 1. The highest BCUT2D eigenvalue weighted by molar-refractivity contribution is 7.90. The fourth-order valence-corrected chi connectivity index (χ4v) is 2.79. The molecule has 0 saturated carbocycles. The molecule has 1 fully saturated rings. The number of benzene rings is 1. The topological polar surface area (TPSA) is 75.7 Å². The third-order valence-corrected chi connectivity index (χ3v) is 4.79. The fourth-order valence-electron chi connectivity index (χ4n) is 2.16. The summed E-state index contributed by atoms with van der Waals surface area (Å²) < 4.78 is 28.2. The zero-order chi connectivity index (χ0) is 16.2. The van der Waals surface area contributed by atoms with Crippen LogP contribution in [0.3, 0.4) is 0 Å². The van der Waals surface area contributed by atoms with E-state index in [0.717, 1.165) is 19.5 Å². The van der Waals surface area contributed by atoms with E-state index in [-0.39, 0.29) is 16.7 Å². The van der Waals surface area contributed by atoms with Crippen molar-refractivity contribution in [3.05, 3.63) is 24.3 Å². The molecule has 1 aromatic rings. The fraction of sp³-hybridized carbons (Fsp3) is 0.533. The summed E-state index contributed by atoms with van der Waals surface area (Å²) in [7, 11) is -1.37. The van der Waals surface area contributed by atoms with Gasteiger partial charge in [0.15, 0.2) is 9.84 Å². The van der Waals surface area contributed by atoms with Gasteiger partial charge in [-0.25, -0.2) is 8.42 Å². The number of ether oxygens (including phenoxy) is 1. The Kier molecular flexibility index (Phi) is 5.42. The standard InChI is InChI=1S/C15H22N2O4S/c1-17(15(18)12-10-16-11-12)8-3-9-21-13-4-6-14(7-5-13)22(2,19)20/h4-7,12,16H,3,8-11H2,1-2H3. The average Bonchev–Trinajstić information content (AvgIpc) is 2.41. The van der Waals surface area contributed by atoms with E-state index in [1.54, 1.807) is 17.0 Å². The molecular weight excluding hydrogens is 304 g/mol. The minimum absolute atomic E-state index is 0.120. The van der Waals surface area contributed by atoms with Gasteiger partial charge in [0.25, 0.3) is 0 Å². The minimum atomic E-state index is -3.18. The van der Waals surface area contributed by atoms with Crippen molar-refractivity contribution >= 4 is 15.7 Å². The molecule has 1 amide bonds. The van der Waals surface area contributed by atoms with E-state index < -0.39 is 9.84 Å². The number of sulfone groups is 1. The van der Waals surface area contributed by atoms with Crippen molar-refractivity contribution in [3.8, 4) is 5.75 Å². The Morgan fingerprint density at radius 1 is 1.32 bits per heavy atom. The lowest BCUT2D eigenvalue weighted by molar-refractivity contribution is -0.135. The number of carbonyl (C=O) groups is 1. The number of nitrogens with one attached hydrogen (secondary N) is 1. The molecule has 6 nitrogen and oxygen atoms in total. The predicted molar refractivity (Wildman–Crippen MR) is 83.7 cm³/mol. The average molecular weight is 326 g/mol. The van der Waals surface area contributed by atoms with Crippen molar-refractivity contribution in [3.63, 3.8) is 0 Å². The number of hydrogen-bond acceptors (Lipinski definition) is 5. The molecule has 0 aliphatic carbocycles. The van der Waals surface area contributed by atoms with Crippen molar-refractivity contribution < 1.29 is 17.9 Å². The highest BCUT2D eigenvalue weighted by Gasteiger charge is 2.27. The molecule has 0 aromatic heterocycles. The van der Waals surface area contributed by atoms with E-state index >= 15 is 0 Å². The first-order valence-electron chi connectivity index (χ1n) is 7.26. The minimum Gasteiger partial charge on any atom is -0.494 e. The summed E-state index contributed by atoms with van der Waals surface area (Å²) in [4.78, 5) is 13.9. The maximum absolute atomic E-state index is 11.9. The molecule has 0 spiro atoms. The molecule has 1 aliphatic heterocycles. The van der Waals surface area contributed by atoms with Crippen LogP contribution in [0.4, 0.5) is 0 Å². The second-order valence-corrected chi connectivity index (χ2v) is 7.58. The van der Waals surface area contributed by atoms with E-state index in [4.69, 9.17) is 4.74 Å². The van der Waals surface area contributed by atoms with Crippen molar-refractivity contribution in [1.29, 1.82) is 0 Å². The molecule has 1 aliphatic rings. The smallest absolute Gasteiger partial charge is 0.227 e. The third-order valence-electron chi connectivity index (χ3n) is 3.67. The highest BCUT2D eigenvalue weighted by Crippen LogP contribution is 2.16. The SMILES string of the molecule is CN(CCCOc1ccc(S(C)(=O)=O)cc1)C(=O)C1CNC1. The Morgan fingerprint density at radius 2 is 1.95 bits per heavy atom. The van der Waals surface area contributed by atoms with Gasteiger partial charge in [0, 0.05) is 32.9 Å². The number of carbonyl (C=O) groups excluding carboxylic acids is 1. The van der Waals surface area contributed by atoms with Gasteiger partial charge in [0.05, 0.1) is 17.4 Å². The molecule has 0 atom stereocenters. The van der Waals surface area contributed by atoms with E-state index in [9.17, 15) is 13.2 Å². The van der Waals surface area contributed by atoms with Crippen LogP contribution in [0.1, 0.15) is 6.42 Å². The van der Waals surface area contributed by atoms with Crippen LogP contribution in [0, 0.1) is 5.92 Å². The molecule has 0 unspecified atom stereocenters. The Balaban J connectivity index is 1.71. The summed E-state index contributed by atoms with van der Waals surface area (Å²) in [6, 6.07) is 6.35. The zero-order valence-electron chi connectivity index (χ0n) is 12.9. The first-order valence-corrected chi connectivity index (χ1v) is 9.15. The number of amides is 1. The second kappa shape index (κ2) is 7.11. The maximum atomic E-state index is 11.9. The van der Waals surface area contributed by atoms with Crippen LogP contribution in [0.5, 0.6) is 5.75 Å². The summed E-state index contributed by atoms with van der Waals surface area (Å²) in [6.07, 6.45) is 1.91. The van der Waals surface area contributed by atoms with E-state index in [1.807, 2.05) is 7.05 Å². The van der Waals surface area contributed by atoms with Crippen molar-refractivity contribution in [2.75, 3.05) is 39.5 Å². The number of rotatable bonds is 7. The second-order valence-electron chi connectivity index (χ2n) is 5.56. The molecule has 1 heterocycles. The Morgan fingerprint density at radius 3 is 2.45 bits per heavy atom. The summed E-state index contributed by atoms with van der Waals surface area (Å²) in [6.45, 7) is 2.67. The quantitative estimate of drug-likeness (QED) is 0.740. The predicted octanol–water partition coefficient (Wildman–Crippen LogP) is 0.537. The molecule has 0 bridgehead atoms. The summed E-state index contributed by atoms with van der Waals surface area (Å²) in [5.41, 5.74) is 0. The lowest BCUT2D eigenvalue weighted by Gasteiger charge is -2.30. The van der Waals surface area contributed by atoms with Gasteiger partial charge in [-0.05, 0) is 30.7 Å².